The molecule has 1 aliphatic rings. The highest BCUT2D eigenvalue weighted by Gasteiger charge is 2.28. The summed E-state index contributed by atoms with van der Waals surface area (Å²) < 4.78 is 8.11. The van der Waals surface area contributed by atoms with E-state index in [1.165, 1.54) is 0 Å². The predicted octanol–water partition coefficient (Wildman–Crippen LogP) is 1.62. The molecule has 0 radical (unpaired) electrons. The zero-order valence-electron chi connectivity index (χ0n) is 14.9. The number of rotatable bonds is 7. The smallest absolute Gasteiger partial charge is 0.210 e. The number of thioether (sulfide) groups is 1. The first-order valence-corrected chi connectivity index (χ1v) is 10.5. The van der Waals surface area contributed by atoms with Gasteiger partial charge < -0.3 is 0 Å². The number of nitrogens with zero attached hydrogens (tertiary/aromatic N) is 11. The van der Waals surface area contributed by atoms with Crippen LogP contribution >= 0.6 is 27.7 Å². The van der Waals surface area contributed by atoms with Crippen LogP contribution in [0.25, 0.3) is 5.82 Å². The van der Waals surface area contributed by atoms with E-state index in [-0.39, 0.29) is 0 Å². The molecular weight excluding hydrogens is 446 g/mol. The zero-order chi connectivity index (χ0) is 19.1. The molecule has 13 heteroatoms. The number of hydrogen-bond acceptors (Lipinski definition) is 8. The van der Waals surface area contributed by atoms with Gasteiger partial charge in [0.2, 0.25) is 5.16 Å². The summed E-state index contributed by atoms with van der Waals surface area (Å²) in [5.41, 5.74) is 0. The van der Waals surface area contributed by atoms with Gasteiger partial charge in [-0.3, -0.25) is 9.36 Å². The minimum atomic E-state index is 0.431. The van der Waals surface area contributed by atoms with Crippen molar-refractivity contribution in [3.63, 3.8) is 0 Å². The number of tetrazole rings is 1. The van der Waals surface area contributed by atoms with E-state index in [9.17, 15) is 0 Å². The Morgan fingerprint density at radius 3 is 2.89 bits per heavy atom. The van der Waals surface area contributed by atoms with E-state index < -0.39 is 0 Å². The molecule has 0 amide bonds. The van der Waals surface area contributed by atoms with Crippen LogP contribution in [0.4, 0.5) is 0 Å². The standard InChI is InChI=1S/C15H16BrN11S/c1-24-5-4-13(21-24)27-14(9-28-15-19-22-23-26(15)11-2-3-11)18-12(20-27)8-25-7-10(16)6-17-25/h4-7,11H,2-3,8-9H2,1H3. The molecule has 1 fully saturated rings. The van der Waals surface area contributed by atoms with Crippen molar-refractivity contribution in [3.05, 3.63) is 40.8 Å². The van der Waals surface area contributed by atoms with Crippen LogP contribution in [0.2, 0.25) is 0 Å². The van der Waals surface area contributed by atoms with Gasteiger partial charge in [-0.15, -0.1) is 10.2 Å². The zero-order valence-corrected chi connectivity index (χ0v) is 17.3. The third-order valence-corrected chi connectivity index (χ3v) is 5.56. The quantitative estimate of drug-likeness (QED) is 0.381. The normalized spacial score (nSPS) is 14.1. The van der Waals surface area contributed by atoms with Gasteiger partial charge in [0.05, 0.1) is 22.5 Å². The molecule has 0 atom stereocenters. The van der Waals surface area contributed by atoms with Gasteiger partial charge in [-0.05, 0) is 39.2 Å². The second-order valence-corrected chi connectivity index (χ2v) is 8.34. The molecule has 144 valence electrons. The largest absolute Gasteiger partial charge is 0.274 e. The van der Waals surface area contributed by atoms with Crippen molar-refractivity contribution in [2.45, 2.75) is 36.3 Å². The molecule has 0 aromatic carbocycles. The van der Waals surface area contributed by atoms with Crippen molar-refractivity contribution >= 4 is 27.7 Å². The van der Waals surface area contributed by atoms with E-state index in [1.807, 2.05) is 30.2 Å². The molecule has 0 bridgehead atoms. The molecular formula is C15H16BrN11S. The average Bonchev–Trinajstić information content (AvgIpc) is 3.05. The monoisotopic (exact) mass is 461 g/mol. The molecule has 4 aromatic heterocycles. The van der Waals surface area contributed by atoms with Crippen LogP contribution in [0.5, 0.6) is 0 Å². The van der Waals surface area contributed by atoms with Gasteiger partial charge in [0.15, 0.2) is 11.6 Å². The highest BCUT2D eigenvalue weighted by molar-refractivity contribution is 9.10. The lowest BCUT2D eigenvalue weighted by atomic mass is 10.6. The Labute approximate surface area is 172 Å². The van der Waals surface area contributed by atoms with Crippen LogP contribution < -0.4 is 0 Å². The first-order valence-electron chi connectivity index (χ1n) is 8.69. The van der Waals surface area contributed by atoms with Crippen molar-refractivity contribution in [2.75, 3.05) is 0 Å². The third kappa shape index (κ3) is 3.58. The lowest BCUT2D eigenvalue weighted by molar-refractivity contribution is 0.565. The number of aromatic nitrogens is 11. The van der Waals surface area contributed by atoms with Gasteiger partial charge in [0.1, 0.15) is 12.4 Å². The van der Waals surface area contributed by atoms with Crippen molar-refractivity contribution in [1.82, 2.24) is 54.5 Å². The molecule has 0 spiro atoms. The van der Waals surface area contributed by atoms with Crippen LogP contribution in [-0.2, 0) is 19.3 Å². The van der Waals surface area contributed by atoms with Crippen molar-refractivity contribution < 1.29 is 0 Å². The fraction of sp³-hybridized carbons (Fsp3) is 0.400. The number of aryl methyl sites for hydroxylation is 1. The van der Waals surface area contributed by atoms with Crippen LogP contribution in [0.15, 0.2) is 34.3 Å². The first kappa shape index (κ1) is 17.6. The van der Waals surface area contributed by atoms with Gasteiger partial charge in [-0.1, -0.05) is 11.8 Å². The number of hydrogen-bond donors (Lipinski definition) is 0. The predicted molar refractivity (Wildman–Crippen MR) is 103 cm³/mol. The van der Waals surface area contributed by atoms with Crippen molar-refractivity contribution in [2.24, 2.45) is 7.05 Å². The SMILES string of the molecule is Cn1ccc(-n2nc(Cn3cc(Br)cn3)nc2CSc2nnnn2C2CC2)n1. The Kier molecular flexibility index (Phi) is 4.47. The van der Waals surface area contributed by atoms with Gasteiger partial charge in [-0.2, -0.15) is 14.9 Å². The van der Waals surface area contributed by atoms with Crippen LogP contribution in [0, 0.1) is 0 Å². The minimum absolute atomic E-state index is 0.431. The molecule has 0 unspecified atom stereocenters. The maximum absolute atomic E-state index is 4.72. The summed E-state index contributed by atoms with van der Waals surface area (Å²) in [5, 5.41) is 26.2. The lowest BCUT2D eigenvalue weighted by Gasteiger charge is -2.03. The van der Waals surface area contributed by atoms with E-state index in [4.69, 9.17) is 4.98 Å². The molecule has 1 saturated carbocycles. The van der Waals surface area contributed by atoms with Gasteiger partial charge in [0.25, 0.3) is 0 Å². The van der Waals surface area contributed by atoms with E-state index in [2.05, 4.69) is 46.8 Å². The third-order valence-electron chi connectivity index (χ3n) is 4.23. The Morgan fingerprint density at radius 1 is 1.29 bits per heavy atom. The van der Waals surface area contributed by atoms with Crippen LogP contribution in [0.3, 0.4) is 0 Å². The maximum Gasteiger partial charge on any atom is 0.210 e. The van der Waals surface area contributed by atoms with E-state index in [0.717, 1.165) is 34.1 Å². The second kappa shape index (κ2) is 7.13. The molecule has 0 N–H and O–H groups in total. The molecule has 28 heavy (non-hydrogen) atoms. The fourth-order valence-corrected chi connectivity index (χ4v) is 3.96. The lowest BCUT2D eigenvalue weighted by Crippen LogP contribution is -2.05. The van der Waals surface area contributed by atoms with E-state index in [1.54, 1.807) is 32.0 Å². The summed E-state index contributed by atoms with van der Waals surface area (Å²) in [6.45, 7) is 0.475. The number of halogens is 1. The second-order valence-electron chi connectivity index (χ2n) is 6.49. The summed E-state index contributed by atoms with van der Waals surface area (Å²) in [4.78, 5) is 4.72. The Morgan fingerprint density at radius 2 is 2.18 bits per heavy atom. The summed E-state index contributed by atoms with van der Waals surface area (Å²) in [5.74, 6) is 2.76. The highest BCUT2D eigenvalue weighted by Crippen LogP contribution is 2.36. The fourth-order valence-electron chi connectivity index (χ4n) is 2.78. The molecule has 0 aliphatic heterocycles. The molecule has 11 nitrogen and oxygen atoms in total. The Balaban J connectivity index is 1.41. The molecule has 1 aliphatic carbocycles. The van der Waals surface area contributed by atoms with E-state index in [0.29, 0.717) is 24.2 Å². The Bertz CT molecular complexity index is 1110. The Hall–Kier alpha value is -2.54. The molecule has 5 rings (SSSR count). The molecule has 4 aromatic rings. The van der Waals surface area contributed by atoms with Crippen LogP contribution in [-0.4, -0.2) is 54.5 Å². The summed E-state index contributed by atoms with van der Waals surface area (Å²) in [7, 11) is 1.88. The molecule has 4 heterocycles. The first-order chi connectivity index (χ1) is 13.7. The summed E-state index contributed by atoms with van der Waals surface area (Å²) in [6, 6.07) is 2.34. The van der Waals surface area contributed by atoms with Gasteiger partial charge >= 0.3 is 0 Å². The van der Waals surface area contributed by atoms with E-state index >= 15 is 0 Å². The van der Waals surface area contributed by atoms with Gasteiger partial charge in [-0.25, -0.2) is 9.67 Å². The minimum Gasteiger partial charge on any atom is -0.274 e. The van der Waals surface area contributed by atoms with Crippen LogP contribution in [0.1, 0.15) is 30.5 Å². The topological polar surface area (TPSA) is 110 Å². The van der Waals surface area contributed by atoms with Gasteiger partial charge in [0, 0.05) is 25.5 Å². The summed E-state index contributed by atoms with van der Waals surface area (Å²) in [6.07, 6.45) is 7.77. The maximum atomic E-state index is 4.72. The summed E-state index contributed by atoms with van der Waals surface area (Å²) >= 11 is 4.96. The molecule has 0 saturated heterocycles. The average molecular weight is 462 g/mol. The van der Waals surface area contributed by atoms with Crippen molar-refractivity contribution in [3.8, 4) is 5.82 Å². The highest BCUT2D eigenvalue weighted by atomic mass is 79.9. The van der Waals surface area contributed by atoms with Crippen molar-refractivity contribution in [1.29, 1.82) is 0 Å².